The van der Waals surface area contributed by atoms with Crippen LogP contribution in [0.2, 0.25) is 0 Å². The van der Waals surface area contributed by atoms with Gasteiger partial charge in [-0.3, -0.25) is 4.99 Å². The lowest BCUT2D eigenvalue weighted by Gasteiger charge is -2.19. The van der Waals surface area contributed by atoms with Crippen LogP contribution < -0.4 is 10.6 Å². The molecule has 2 rings (SSSR count). The van der Waals surface area contributed by atoms with Crippen molar-refractivity contribution in [3.8, 4) is 0 Å². The van der Waals surface area contributed by atoms with Gasteiger partial charge >= 0.3 is 0 Å². The van der Waals surface area contributed by atoms with Crippen LogP contribution in [0.4, 0.5) is 4.39 Å². The number of aryl methyl sites for hydroxylation is 1. The first-order valence-corrected chi connectivity index (χ1v) is 7.95. The molecule has 4 nitrogen and oxygen atoms in total. The van der Waals surface area contributed by atoms with E-state index in [1.807, 2.05) is 13.0 Å². The van der Waals surface area contributed by atoms with E-state index in [0.29, 0.717) is 11.7 Å². The minimum absolute atomic E-state index is 0. The van der Waals surface area contributed by atoms with Gasteiger partial charge in [-0.05, 0) is 50.3 Å². The summed E-state index contributed by atoms with van der Waals surface area (Å²) in [6.07, 6.45) is 3.66. The van der Waals surface area contributed by atoms with Crippen LogP contribution in [0.15, 0.2) is 23.2 Å². The third-order valence-corrected chi connectivity index (χ3v) is 4.06. The summed E-state index contributed by atoms with van der Waals surface area (Å²) in [5.41, 5.74) is 1.57. The number of nitrogens with zero attached hydrogens (tertiary/aromatic N) is 1. The molecule has 0 aromatic heterocycles. The summed E-state index contributed by atoms with van der Waals surface area (Å²) in [5.74, 6) is 0.555. The molecule has 1 aliphatic rings. The van der Waals surface area contributed by atoms with Crippen LogP contribution >= 0.6 is 24.0 Å². The first-order valence-electron chi connectivity index (χ1n) is 7.95. The summed E-state index contributed by atoms with van der Waals surface area (Å²) < 4.78 is 19.2. The van der Waals surface area contributed by atoms with E-state index in [1.54, 1.807) is 26.1 Å². The maximum absolute atomic E-state index is 13.6. The maximum Gasteiger partial charge on any atom is 0.191 e. The van der Waals surface area contributed by atoms with Crippen LogP contribution in [0.25, 0.3) is 0 Å². The standard InChI is InChI=1S/C17H26FN3O.HI/c1-12-6-7-14(11-16(12)18)13(2)21-17(19-3)20-9-8-15-5-4-10-22-15;/h6-7,11,13,15H,4-5,8-10H2,1-3H3,(H2,19,20,21);1H. The molecule has 6 heteroatoms. The molecule has 0 saturated carbocycles. The fourth-order valence-electron chi connectivity index (χ4n) is 2.59. The van der Waals surface area contributed by atoms with E-state index in [9.17, 15) is 4.39 Å². The van der Waals surface area contributed by atoms with E-state index >= 15 is 0 Å². The number of nitrogens with one attached hydrogen (secondary N) is 2. The number of hydrogen-bond donors (Lipinski definition) is 2. The Morgan fingerprint density at radius 3 is 2.87 bits per heavy atom. The van der Waals surface area contributed by atoms with Gasteiger partial charge in [0.05, 0.1) is 12.1 Å². The molecule has 0 aliphatic carbocycles. The Labute approximate surface area is 155 Å². The highest BCUT2D eigenvalue weighted by molar-refractivity contribution is 14.0. The number of hydrogen-bond acceptors (Lipinski definition) is 2. The van der Waals surface area contributed by atoms with Gasteiger partial charge in [0.2, 0.25) is 0 Å². The third-order valence-electron chi connectivity index (χ3n) is 4.06. The molecule has 1 saturated heterocycles. The molecule has 2 unspecified atom stereocenters. The van der Waals surface area contributed by atoms with Crippen molar-refractivity contribution in [2.75, 3.05) is 20.2 Å². The molecule has 0 amide bonds. The normalized spacial score (nSPS) is 19.1. The van der Waals surface area contributed by atoms with Crippen molar-refractivity contribution in [3.05, 3.63) is 35.1 Å². The SMILES string of the molecule is CN=C(NCCC1CCCO1)NC(C)c1ccc(C)c(F)c1.I. The Morgan fingerprint density at radius 1 is 1.48 bits per heavy atom. The second kappa shape index (κ2) is 10.1. The van der Waals surface area contributed by atoms with E-state index in [1.165, 1.54) is 0 Å². The monoisotopic (exact) mass is 435 g/mol. The van der Waals surface area contributed by atoms with Crippen molar-refractivity contribution in [1.29, 1.82) is 0 Å². The Kier molecular flexibility index (Phi) is 8.83. The molecule has 23 heavy (non-hydrogen) atoms. The number of halogens is 2. The van der Waals surface area contributed by atoms with Gasteiger partial charge in [0.25, 0.3) is 0 Å². The molecular weight excluding hydrogens is 408 g/mol. The average molecular weight is 435 g/mol. The maximum atomic E-state index is 13.6. The quantitative estimate of drug-likeness (QED) is 0.423. The van der Waals surface area contributed by atoms with Crippen molar-refractivity contribution in [1.82, 2.24) is 10.6 Å². The summed E-state index contributed by atoms with van der Waals surface area (Å²) in [6, 6.07) is 5.31. The molecule has 2 N–H and O–H groups in total. The van der Waals surface area contributed by atoms with Crippen LogP contribution in [0.5, 0.6) is 0 Å². The largest absolute Gasteiger partial charge is 0.378 e. The topological polar surface area (TPSA) is 45.7 Å². The smallest absolute Gasteiger partial charge is 0.191 e. The van der Waals surface area contributed by atoms with Crippen molar-refractivity contribution in [3.63, 3.8) is 0 Å². The second-order valence-electron chi connectivity index (χ2n) is 5.80. The highest BCUT2D eigenvalue weighted by Crippen LogP contribution is 2.16. The second-order valence-corrected chi connectivity index (χ2v) is 5.80. The first kappa shape index (κ1) is 20.2. The van der Waals surface area contributed by atoms with Crippen LogP contribution in [-0.4, -0.2) is 32.3 Å². The number of benzene rings is 1. The van der Waals surface area contributed by atoms with Gasteiger partial charge in [-0.2, -0.15) is 0 Å². The lowest BCUT2D eigenvalue weighted by Crippen LogP contribution is -2.39. The first-order chi connectivity index (χ1) is 10.6. The van der Waals surface area contributed by atoms with E-state index in [4.69, 9.17) is 4.74 Å². The fraction of sp³-hybridized carbons (Fsp3) is 0.588. The average Bonchev–Trinajstić information content (AvgIpc) is 3.02. The molecule has 1 heterocycles. The van der Waals surface area contributed by atoms with Crippen molar-refractivity contribution in [2.24, 2.45) is 4.99 Å². The minimum atomic E-state index is -0.174. The zero-order chi connectivity index (χ0) is 15.9. The minimum Gasteiger partial charge on any atom is -0.378 e. The van der Waals surface area contributed by atoms with Crippen molar-refractivity contribution < 1.29 is 9.13 Å². The van der Waals surface area contributed by atoms with E-state index in [0.717, 1.165) is 43.9 Å². The van der Waals surface area contributed by atoms with Crippen LogP contribution in [0.1, 0.15) is 43.4 Å². The molecule has 0 radical (unpaired) electrons. The Balaban J connectivity index is 0.00000264. The summed E-state index contributed by atoms with van der Waals surface area (Å²) in [4.78, 5) is 4.22. The molecule has 1 aliphatic heterocycles. The molecule has 0 bridgehead atoms. The van der Waals surface area contributed by atoms with Crippen molar-refractivity contribution in [2.45, 2.75) is 45.3 Å². The number of guanidine groups is 1. The third kappa shape index (κ3) is 6.25. The van der Waals surface area contributed by atoms with Crippen molar-refractivity contribution >= 4 is 29.9 Å². The van der Waals surface area contributed by atoms with Gasteiger partial charge in [-0.25, -0.2) is 4.39 Å². The van der Waals surface area contributed by atoms with Gasteiger partial charge in [0.15, 0.2) is 5.96 Å². The van der Waals surface area contributed by atoms with E-state index < -0.39 is 0 Å². The Bertz CT molecular complexity index is 519. The Hall–Kier alpha value is -0.890. The van der Waals surface area contributed by atoms with Crippen LogP contribution in [0, 0.1) is 12.7 Å². The summed E-state index contributed by atoms with van der Waals surface area (Å²) >= 11 is 0. The lowest BCUT2D eigenvalue weighted by atomic mass is 10.1. The highest BCUT2D eigenvalue weighted by Gasteiger charge is 2.15. The van der Waals surface area contributed by atoms with Gasteiger partial charge in [-0.15, -0.1) is 24.0 Å². The number of rotatable bonds is 5. The van der Waals surface area contributed by atoms with Crippen LogP contribution in [-0.2, 0) is 4.74 Å². The van der Waals surface area contributed by atoms with Gasteiger partial charge < -0.3 is 15.4 Å². The highest BCUT2D eigenvalue weighted by atomic mass is 127. The predicted molar refractivity (Wildman–Crippen MR) is 103 cm³/mol. The molecule has 2 atom stereocenters. The van der Waals surface area contributed by atoms with Gasteiger partial charge in [0, 0.05) is 20.2 Å². The molecule has 1 aromatic rings. The molecule has 0 spiro atoms. The number of ether oxygens (including phenoxy) is 1. The molecule has 130 valence electrons. The predicted octanol–water partition coefficient (Wildman–Crippen LogP) is 3.55. The van der Waals surface area contributed by atoms with Gasteiger partial charge in [-0.1, -0.05) is 12.1 Å². The van der Waals surface area contributed by atoms with Gasteiger partial charge in [0.1, 0.15) is 5.82 Å². The lowest BCUT2D eigenvalue weighted by molar-refractivity contribution is 0.105. The zero-order valence-corrected chi connectivity index (χ0v) is 16.4. The Morgan fingerprint density at radius 2 is 2.26 bits per heavy atom. The summed E-state index contributed by atoms with van der Waals surface area (Å²) in [7, 11) is 1.74. The number of aliphatic imine (C=N–C) groups is 1. The summed E-state index contributed by atoms with van der Waals surface area (Å²) in [6.45, 7) is 5.47. The van der Waals surface area contributed by atoms with Crippen LogP contribution in [0.3, 0.4) is 0 Å². The molecule has 1 fully saturated rings. The van der Waals surface area contributed by atoms with E-state index in [-0.39, 0.29) is 35.8 Å². The summed E-state index contributed by atoms with van der Waals surface area (Å²) in [5, 5.41) is 6.57. The molecular formula is C17H27FIN3O. The fourth-order valence-corrected chi connectivity index (χ4v) is 2.59. The zero-order valence-electron chi connectivity index (χ0n) is 14.1. The van der Waals surface area contributed by atoms with E-state index in [2.05, 4.69) is 15.6 Å². The molecule has 1 aromatic carbocycles.